The summed E-state index contributed by atoms with van der Waals surface area (Å²) in [6.45, 7) is 1.57. The minimum absolute atomic E-state index is 0.0901. The molecule has 0 radical (unpaired) electrons. The van der Waals surface area contributed by atoms with Crippen LogP contribution < -0.4 is 0 Å². The monoisotopic (exact) mass is 361 g/mol. The lowest BCUT2D eigenvalue weighted by molar-refractivity contribution is 0.126. The number of alkyl halides is 1. The minimum Gasteiger partial charge on any atom is -0.377 e. The normalized spacial score (nSPS) is 19.6. The van der Waals surface area contributed by atoms with Crippen LogP contribution in [0.15, 0.2) is 30.3 Å². The van der Waals surface area contributed by atoms with Gasteiger partial charge >= 0.3 is 0 Å². The third kappa shape index (κ3) is 4.55. The lowest BCUT2D eigenvalue weighted by atomic mass is 10.2. The molecule has 2 rings (SSSR count). The van der Waals surface area contributed by atoms with E-state index in [-0.39, 0.29) is 11.9 Å². The Balaban J connectivity index is 2.06. The minimum atomic E-state index is -3.29. The van der Waals surface area contributed by atoms with Crippen LogP contribution in [0.4, 0.5) is 0 Å². The highest BCUT2D eigenvalue weighted by Gasteiger charge is 2.28. The first-order valence-corrected chi connectivity index (χ1v) is 9.54. The highest BCUT2D eigenvalue weighted by atomic mass is 79.9. The van der Waals surface area contributed by atoms with E-state index in [1.165, 1.54) is 0 Å². The maximum atomic E-state index is 12.5. The molecule has 4 nitrogen and oxygen atoms in total. The molecule has 1 aliphatic rings. The van der Waals surface area contributed by atoms with Crippen LogP contribution in [-0.4, -0.2) is 43.1 Å². The van der Waals surface area contributed by atoms with E-state index in [0.717, 1.165) is 18.4 Å². The van der Waals surface area contributed by atoms with E-state index in [1.807, 2.05) is 30.3 Å². The maximum absolute atomic E-state index is 12.5. The zero-order valence-corrected chi connectivity index (χ0v) is 13.8. The van der Waals surface area contributed by atoms with Crippen molar-refractivity contribution in [2.75, 3.05) is 24.2 Å². The number of nitrogens with zero attached hydrogens (tertiary/aromatic N) is 1. The van der Waals surface area contributed by atoms with Gasteiger partial charge in [0.05, 0.1) is 11.9 Å². The van der Waals surface area contributed by atoms with Crippen molar-refractivity contribution in [2.24, 2.45) is 0 Å². The van der Waals surface area contributed by atoms with E-state index in [4.69, 9.17) is 4.74 Å². The van der Waals surface area contributed by atoms with Crippen LogP contribution in [0, 0.1) is 0 Å². The second-order valence-electron chi connectivity index (χ2n) is 4.92. The Hall–Kier alpha value is -0.430. The Bertz CT molecular complexity index is 500. The number of halogens is 1. The van der Waals surface area contributed by atoms with E-state index < -0.39 is 10.0 Å². The summed E-state index contributed by atoms with van der Waals surface area (Å²) in [6, 6.07) is 9.67. The van der Waals surface area contributed by atoms with Gasteiger partial charge in [0, 0.05) is 25.0 Å². The third-order valence-corrected chi connectivity index (χ3v) is 5.60. The molecule has 112 valence electrons. The predicted octanol–water partition coefficient (Wildman–Crippen LogP) is 2.39. The van der Waals surface area contributed by atoms with Gasteiger partial charge in [-0.1, -0.05) is 46.3 Å². The molecular weight excluding hydrogens is 342 g/mol. The lowest BCUT2D eigenvalue weighted by Crippen LogP contribution is -2.37. The van der Waals surface area contributed by atoms with Crippen molar-refractivity contribution in [1.29, 1.82) is 0 Å². The molecule has 0 spiro atoms. The van der Waals surface area contributed by atoms with Gasteiger partial charge in [0.1, 0.15) is 0 Å². The fourth-order valence-electron chi connectivity index (χ4n) is 2.31. The Morgan fingerprint density at radius 2 is 2.05 bits per heavy atom. The number of sulfonamides is 1. The van der Waals surface area contributed by atoms with Crippen molar-refractivity contribution in [2.45, 2.75) is 25.5 Å². The summed E-state index contributed by atoms with van der Waals surface area (Å²) in [5.41, 5.74) is 1.00. The van der Waals surface area contributed by atoms with Crippen LogP contribution in [-0.2, 0) is 21.3 Å². The first-order valence-electron chi connectivity index (χ1n) is 6.81. The van der Waals surface area contributed by atoms with Crippen molar-refractivity contribution in [3.05, 3.63) is 35.9 Å². The number of rotatable bonds is 7. The molecule has 1 fully saturated rings. The molecule has 1 atom stereocenters. The predicted molar refractivity (Wildman–Crippen MR) is 83.4 cm³/mol. The fraction of sp³-hybridized carbons (Fsp3) is 0.571. The van der Waals surface area contributed by atoms with Gasteiger partial charge in [0.15, 0.2) is 0 Å². The Morgan fingerprint density at radius 3 is 2.65 bits per heavy atom. The molecular formula is C14H20BrNO3S. The van der Waals surface area contributed by atoms with Crippen LogP contribution in [0.1, 0.15) is 18.4 Å². The second kappa shape index (κ2) is 7.54. The van der Waals surface area contributed by atoms with Gasteiger partial charge in [-0.3, -0.25) is 0 Å². The van der Waals surface area contributed by atoms with Crippen molar-refractivity contribution >= 4 is 26.0 Å². The summed E-state index contributed by atoms with van der Waals surface area (Å²) in [4.78, 5) is 0. The molecule has 0 N–H and O–H groups in total. The van der Waals surface area contributed by atoms with Crippen molar-refractivity contribution < 1.29 is 13.2 Å². The zero-order valence-electron chi connectivity index (χ0n) is 11.4. The fourth-order valence-corrected chi connectivity index (χ4v) is 4.64. The SMILES string of the molecule is O=S(=O)(CC1CCCO1)N(CCBr)Cc1ccccc1. The van der Waals surface area contributed by atoms with Gasteiger partial charge in [-0.15, -0.1) is 0 Å². The molecule has 1 aromatic rings. The molecule has 6 heteroatoms. The smallest absolute Gasteiger partial charge is 0.216 e. The Labute approximate surface area is 129 Å². The molecule has 0 aliphatic carbocycles. The maximum Gasteiger partial charge on any atom is 0.216 e. The molecule has 1 unspecified atom stereocenters. The molecule has 1 saturated heterocycles. The van der Waals surface area contributed by atoms with Crippen LogP contribution in [0.2, 0.25) is 0 Å². The zero-order chi connectivity index (χ0) is 14.4. The summed E-state index contributed by atoms with van der Waals surface area (Å²) in [6.07, 6.45) is 1.65. The third-order valence-electron chi connectivity index (χ3n) is 3.35. The van der Waals surface area contributed by atoms with Crippen LogP contribution >= 0.6 is 15.9 Å². The molecule has 1 aliphatic heterocycles. The quantitative estimate of drug-likeness (QED) is 0.700. The number of benzene rings is 1. The molecule has 20 heavy (non-hydrogen) atoms. The first-order chi connectivity index (χ1) is 9.62. The average molecular weight is 362 g/mol. The molecule has 1 heterocycles. The molecule has 0 amide bonds. The van der Waals surface area contributed by atoms with Gasteiger partial charge in [-0.05, 0) is 18.4 Å². The average Bonchev–Trinajstić information content (AvgIpc) is 2.91. The van der Waals surface area contributed by atoms with Gasteiger partial charge in [0.2, 0.25) is 10.0 Å². The van der Waals surface area contributed by atoms with Gasteiger partial charge in [0.25, 0.3) is 0 Å². The molecule has 0 saturated carbocycles. The van der Waals surface area contributed by atoms with Crippen LogP contribution in [0.25, 0.3) is 0 Å². The van der Waals surface area contributed by atoms with E-state index in [0.29, 0.717) is 25.0 Å². The standard InChI is InChI=1S/C14H20BrNO3S/c15-8-9-16(11-13-5-2-1-3-6-13)20(17,18)12-14-7-4-10-19-14/h1-3,5-6,14H,4,7-12H2. The van der Waals surface area contributed by atoms with E-state index >= 15 is 0 Å². The Kier molecular flexibility index (Phi) is 6.01. The van der Waals surface area contributed by atoms with E-state index in [9.17, 15) is 8.42 Å². The summed E-state index contributed by atoms with van der Waals surface area (Å²) in [7, 11) is -3.29. The number of hydrogen-bond acceptors (Lipinski definition) is 3. The topological polar surface area (TPSA) is 46.6 Å². The van der Waals surface area contributed by atoms with Crippen molar-refractivity contribution in [3.63, 3.8) is 0 Å². The molecule has 0 aromatic heterocycles. The summed E-state index contributed by atoms with van der Waals surface area (Å²) in [5, 5.41) is 0.630. The Morgan fingerprint density at radius 1 is 1.30 bits per heavy atom. The summed E-state index contributed by atoms with van der Waals surface area (Å²) >= 11 is 3.33. The number of ether oxygens (including phenoxy) is 1. The highest BCUT2D eigenvalue weighted by Crippen LogP contribution is 2.18. The van der Waals surface area contributed by atoms with Gasteiger partial charge in [-0.25, -0.2) is 8.42 Å². The van der Waals surface area contributed by atoms with Gasteiger partial charge in [-0.2, -0.15) is 4.31 Å². The van der Waals surface area contributed by atoms with Crippen LogP contribution in [0.5, 0.6) is 0 Å². The lowest BCUT2D eigenvalue weighted by Gasteiger charge is -2.23. The summed E-state index contributed by atoms with van der Waals surface area (Å²) < 4.78 is 32.0. The number of hydrogen-bond donors (Lipinski definition) is 0. The highest BCUT2D eigenvalue weighted by molar-refractivity contribution is 9.09. The largest absolute Gasteiger partial charge is 0.377 e. The van der Waals surface area contributed by atoms with Crippen molar-refractivity contribution in [1.82, 2.24) is 4.31 Å². The molecule has 0 bridgehead atoms. The second-order valence-corrected chi connectivity index (χ2v) is 7.73. The van der Waals surface area contributed by atoms with E-state index in [1.54, 1.807) is 4.31 Å². The van der Waals surface area contributed by atoms with E-state index in [2.05, 4.69) is 15.9 Å². The van der Waals surface area contributed by atoms with Crippen molar-refractivity contribution in [3.8, 4) is 0 Å². The molecule has 1 aromatic carbocycles. The van der Waals surface area contributed by atoms with Crippen LogP contribution in [0.3, 0.4) is 0 Å². The van der Waals surface area contributed by atoms with Gasteiger partial charge < -0.3 is 4.74 Å². The first kappa shape index (κ1) is 15.9. The summed E-state index contributed by atoms with van der Waals surface area (Å²) in [5.74, 6) is 0.0901.